The summed E-state index contributed by atoms with van der Waals surface area (Å²) in [5.74, 6) is 1.24. The van der Waals surface area contributed by atoms with Gasteiger partial charge in [-0.15, -0.1) is 0 Å². The summed E-state index contributed by atoms with van der Waals surface area (Å²) in [6.07, 6.45) is 10.9. The van der Waals surface area contributed by atoms with Crippen molar-refractivity contribution in [2.24, 2.45) is 0 Å². The van der Waals surface area contributed by atoms with Gasteiger partial charge in [0.05, 0.1) is 29.7 Å². The highest BCUT2D eigenvalue weighted by Crippen LogP contribution is 2.27. The highest BCUT2D eigenvalue weighted by molar-refractivity contribution is 6.34. The highest BCUT2D eigenvalue weighted by Gasteiger charge is 2.28. The lowest BCUT2D eigenvalue weighted by Gasteiger charge is -2.06. The number of non-ortho nitro benzene ring substituents is 1. The van der Waals surface area contributed by atoms with Gasteiger partial charge in [-0.05, 0) is 64.6 Å². The molecule has 186 valence electrons. The molecule has 5 rings (SSSR count). The van der Waals surface area contributed by atoms with Crippen LogP contribution in [0, 0.1) is 10.1 Å². The van der Waals surface area contributed by atoms with Gasteiger partial charge in [-0.1, -0.05) is 17.7 Å². The molecule has 0 saturated carbocycles. The van der Waals surface area contributed by atoms with E-state index in [1.165, 1.54) is 12.1 Å². The topological polar surface area (TPSA) is 102 Å². The van der Waals surface area contributed by atoms with Crippen molar-refractivity contribution in [2.75, 3.05) is 5.32 Å². The fourth-order valence-electron chi connectivity index (χ4n) is 3.43. The zero-order valence-electron chi connectivity index (χ0n) is 18.9. The molecule has 0 bridgehead atoms. The monoisotopic (exact) mass is 553 g/mol. The summed E-state index contributed by atoms with van der Waals surface area (Å²) in [5, 5.41) is 14.4. The minimum absolute atomic E-state index is 0. The summed E-state index contributed by atoms with van der Waals surface area (Å²) in [5.41, 5.74) is 2.67. The van der Waals surface area contributed by atoms with Crippen LogP contribution in [0.1, 0.15) is 0 Å². The molecule has 0 aliphatic carbocycles. The van der Waals surface area contributed by atoms with E-state index < -0.39 is 4.92 Å². The molecule has 37 heavy (non-hydrogen) atoms. The van der Waals surface area contributed by atoms with Crippen molar-refractivity contribution in [1.82, 2.24) is 15.0 Å². The molecule has 0 unspecified atom stereocenters. The molecule has 0 aliphatic rings. The van der Waals surface area contributed by atoms with E-state index in [9.17, 15) is 10.1 Å². The molecule has 1 aromatic carbocycles. The Morgan fingerprint density at radius 2 is 1.41 bits per heavy atom. The second-order valence-corrected chi connectivity index (χ2v) is 7.83. The minimum atomic E-state index is -0.448. The van der Waals surface area contributed by atoms with Crippen LogP contribution in [-0.2, 0) is 0 Å². The summed E-state index contributed by atoms with van der Waals surface area (Å²) in [7, 11) is 0. The SMILES string of the molecule is O=[N+]([O-])c1ccc(Nc2nc(-[n+]3ccc(-c4ccncc4)cc3)nc(-[n+]3ccccc3)c2Cl)cc1.[Cl-].[Cl-]. The number of hydrogen-bond donors (Lipinski definition) is 1. The lowest BCUT2D eigenvalue weighted by molar-refractivity contribution is -0.614. The maximum atomic E-state index is 11.0. The van der Waals surface area contributed by atoms with Gasteiger partial charge in [-0.2, -0.15) is 4.57 Å². The van der Waals surface area contributed by atoms with E-state index in [1.807, 2.05) is 67.3 Å². The molecular formula is C25H18Cl3N7O2. The zero-order valence-corrected chi connectivity index (χ0v) is 21.2. The Morgan fingerprint density at radius 3 is 2.03 bits per heavy atom. The Labute approximate surface area is 229 Å². The van der Waals surface area contributed by atoms with Gasteiger partial charge in [0.2, 0.25) is 5.82 Å². The quantitative estimate of drug-likeness (QED) is 0.154. The standard InChI is InChI=1S/C25H18ClN7O2.2ClH/c26-22-23(28-20-4-6-21(7-5-20)33(34)35)29-25(30-24(22)31-14-2-1-3-15-31)32-16-10-19(11-17-32)18-8-12-27-13-9-18;;/h1-17H,(H,28,29,30);2*1H/q+2;;/p-2. The third kappa shape index (κ3) is 6.15. The third-order valence-corrected chi connectivity index (χ3v) is 5.54. The Balaban J connectivity index is 0.00000190. The van der Waals surface area contributed by atoms with Crippen molar-refractivity contribution in [2.45, 2.75) is 0 Å². The number of nitro groups is 1. The molecule has 0 amide bonds. The summed E-state index contributed by atoms with van der Waals surface area (Å²) in [6, 6.07) is 19.5. The van der Waals surface area contributed by atoms with E-state index in [-0.39, 0.29) is 30.5 Å². The van der Waals surface area contributed by atoms with Crippen LogP contribution in [0.4, 0.5) is 17.2 Å². The van der Waals surface area contributed by atoms with E-state index in [0.29, 0.717) is 28.3 Å². The number of rotatable bonds is 6. The van der Waals surface area contributed by atoms with E-state index in [0.717, 1.165) is 11.1 Å². The largest absolute Gasteiger partial charge is 1.00 e. The molecule has 5 aromatic rings. The first kappa shape index (κ1) is 27.4. The van der Waals surface area contributed by atoms with Gasteiger partial charge in [0, 0.05) is 35.2 Å². The molecule has 9 nitrogen and oxygen atoms in total. The van der Waals surface area contributed by atoms with Crippen LogP contribution < -0.4 is 39.3 Å². The Kier molecular flexibility index (Phi) is 9.02. The predicted octanol–water partition coefficient (Wildman–Crippen LogP) is -1.59. The number of aromatic nitrogens is 5. The summed E-state index contributed by atoms with van der Waals surface area (Å²) < 4.78 is 3.58. The van der Waals surface area contributed by atoms with Crippen LogP contribution in [-0.4, -0.2) is 19.9 Å². The van der Waals surface area contributed by atoms with Gasteiger partial charge in [0.25, 0.3) is 5.69 Å². The van der Waals surface area contributed by atoms with Gasteiger partial charge < -0.3 is 30.1 Å². The van der Waals surface area contributed by atoms with Crippen molar-refractivity contribution in [3.63, 3.8) is 0 Å². The molecule has 0 saturated heterocycles. The first-order valence-corrected chi connectivity index (χ1v) is 10.9. The van der Waals surface area contributed by atoms with E-state index in [2.05, 4.69) is 15.3 Å². The molecule has 4 heterocycles. The second-order valence-electron chi connectivity index (χ2n) is 7.45. The number of hydrogen-bond acceptors (Lipinski definition) is 6. The van der Waals surface area contributed by atoms with Crippen molar-refractivity contribution < 1.29 is 38.9 Å². The van der Waals surface area contributed by atoms with E-state index >= 15 is 0 Å². The van der Waals surface area contributed by atoms with Crippen molar-refractivity contribution in [3.8, 4) is 22.9 Å². The Morgan fingerprint density at radius 1 is 0.784 bits per heavy atom. The van der Waals surface area contributed by atoms with Gasteiger partial charge >= 0.3 is 11.8 Å². The zero-order chi connectivity index (χ0) is 24.2. The van der Waals surface area contributed by atoms with Crippen molar-refractivity contribution in [1.29, 1.82) is 0 Å². The maximum absolute atomic E-state index is 11.0. The first-order valence-electron chi connectivity index (χ1n) is 10.6. The molecule has 0 spiro atoms. The lowest BCUT2D eigenvalue weighted by atomic mass is 10.1. The summed E-state index contributed by atoms with van der Waals surface area (Å²) >= 11 is 6.71. The van der Waals surface area contributed by atoms with E-state index in [1.54, 1.807) is 33.7 Å². The molecular weight excluding hydrogens is 537 g/mol. The third-order valence-electron chi connectivity index (χ3n) is 5.20. The fourth-order valence-corrected chi connectivity index (χ4v) is 3.66. The normalized spacial score (nSPS) is 10.1. The molecule has 4 aromatic heterocycles. The number of halogens is 3. The van der Waals surface area contributed by atoms with Crippen LogP contribution in [0.5, 0.6) is 0 Å². The number of nitro benzene ring substituents is 1. The average Bonchev–Trinajstić information content (AvgIpc) is 2.91. The number of pyridine rings is 3. The second kappa shape index (κ2) is 12.2. The number of nitrogens with one attached hydrogen (secondary N) is 1. The van der Waals surface area contributed by atoms with Gasteiger partial charge in [0.15, 0.2) is 5.02 Å². The molecule has 0 fully saturated rings. The Bertz CT molecular complexity index is 1490. The number of anilines is 2. The van der Waals surface area contributed by atoms with Crippen LogP contribution in [0.2, 0.25) is 5.02 Å². The first-order chi connectivity index (χ1) is 17.1. The minimum Gasteiger partial charge on any atom is -1.00 e. The predicted molar refractivity (Wildman–Crippen MR) is 130 cm³/mol. The molecule has 12 heteroatoms. The molecule has 0 radical (unpaired) electrons. The maximum Gasteiger partial charge on any atom is 0.479 e. The van der Waals surface area contributed by atoms with Crippen LogP contribution >= 0.6 is 11.6 Å². The van der Waals surface area contributed by atoms with Crippen LogP contribution in [0.25, 0.3) is 22.9 Å². The van der Waals surface area contributed by atoms with Crippen molar-refractivity contribution in [3.05, 3.63) is 119 Å². The number of benzene rings is 1. The van der Waals surface area contributed by atoms with Crippen molar-refractivity contribution >= 4 is 28.8 Å². The molecule has 0 aliphatic heterocycles. The highest BCUT2D eigenvalue weighted by atomic mass is 35.5. The fraction of sp³-hybridized carbons (Fsp3) is 0. The summed E-state index contributed by atoms with van der Waals surface area (Å²) in [4.78, 5) is 23.9. The number of nitrogens with zero attached hydrogens (tertiary/aromatic N) is 6. The average molecular weight is 555 g/mol. The van der Waals surface area contributed by atoms with Gasteiger partial charge in [-0.25, -0.2) is 4.57 Å². The smallest absolute Gasteiger partial charge is 0.479 e. The Hall–Kier alpha value is -4.18. The van der Waals surface area contributed by atoms with Gasteiger partial charge in [0.1, 0.15) is 0 Å². The van der Waals surface area contributed by atoms with Crippen LogP contribution in [0.15, 0.2) is 104 Å². The van der Waals surface area contributed by atoms with Gasteiger partial charge in [-0.3, -0.25) is 15.1 Å². The molecule has 1 N–H and O–H groups in total. The summed E-state index contributed by atoms with van der Waals surface area (Å²) in [6.45, 7) is 0. The molecule has 0 atom stereocenters. The van der Waals surface area contributed by atoms with Crippen LogP contribution in [0.3, 0.4) is 0 Å². The van der Waals surface area contributed by atoms with E-state index in [4.69, 9.17) is 16.6 Å². The lowest BCUT2D eigenvalue weighted by Crippen LogP contribution is -3.00.